The van der Waals surface area contributed by atoms with Gasteiger partial charge in [0.2, 0.25) is 6.10 Å². The molecule has 2 aromatic carbocycles. The van der Waals surface area contributed by atoms with E-state index in [0.29, 0.717) is 30.0 Å². The maximum atomic E-state index is 13.0. The number of hydrogen-bond acceptors (Lipinski definition) is 5. The second-order valence-electron chi connectivity index (χ2n) is 7.08. The molecule has 30 heavy (non-hydrogen) atoms. The van der Waals surface area contributed by atoms with Gasteiger partial charge in [0.25, 0.3) is 11.8 Å². The Labute approximate surface area is 176 Å². The number of carbonyl (C=O) groups is 3. The minimum absolute atomic E-state index is 0.228. The summed E-state index contributed by atoms with van der Waals surface area (Å²) in [6.45, 7) is 0.977. The molecule has 0 unspecified atom stereocenters. The van der Waals surface area contributed by atoms with Gasteiger partial charge in [-0.2, -0.15) is 0 Å². The third-order valence-corrected chi connectivity index (χ3v) is 4.97. The zero-order valence-corrected chi connectivity index (χ0v) is 17.0. The lowest BCUT2D eigenvalue weighted by Crippen LogP contribution is -2.41. The third kappa shape index (κ3) is 5.59. The Morgan fingerprint density at radius 2 is 1.73 bits per heavy atom. The number of hydrogen-bond donors (Lipinski definition) is 1. The molecule has 7 heteroatoms. The van der Waals surface area contributed by atoms with Gasteiger partial charge in [0, 0.05) is 24.2 Å². The number of amides is 2. The van der Waals surface area contributed by atoms with Crippen LogP contribution in [-0.4, -0.2) is 49.4 Å². The molecule has 0 aliphatic carbocycles. The van der Waals surface area contributed by atoms with Crippen molar-refractivity contribution >= 4 is 17.8 Å². The van der Waals surface area contributed by atoms with Crippen LogP contribution < -0.4 is 10.1 Å². The van der Waals surface area contributed by atoms with Crippen molar-refractivity contribution < 1.29 is 23.9 Å². The lowest BCUT2D eigenvalue weighted by atomic mass is 10.1. The minimum atomic E-state index is -1.02. The van der Waals surface area contributed by atoms with Crippen molar-refractivity contribution in [2.24, 2.45) is 0 Å². The molecule has 1 heterocycles. The average molecular weight is 410 g/mol. The largest absolute Gasteiger partial charge is 0.497 e. The molecular weight excluding hydrogens is 384 g/mol. The highest BCUT2D eigenvalue weighted by Gasteiger charge is 2.30. The highest BCUT2D eigenvalue weighted by Crippen LogP contribution is 2.22. The molecule has 2 amide bonds. The van der Waals surface area contributed by atoms with Gasteiger partial charge in [-0.3, -0.25) is 14.4 Å². The Balaban J connectivity index is 1.64. The van der Waals surface area contributed by atoms with Crippen molar-refractivity contribution in [3.05, 3.63) is 65.7 Å². The van der Waals surface area contributed by atoms with Gasteiger partial charge in [-0.25, -0.2) is 0 Å². The number of nitrogens with one attached hydrogen (secondary N) is 1. The molecule has 3 rings (SSSR count). The first-order chi connectivity index (χ1) is 14.6. The zero-order valence-electron chi connectivity index (χ0n) is 17.0. The first kappa shape index (κ1) is 21.4. The number of nitrogens with zero attached hydrogens (tertiary/aromatic N) is 1. The topological polar surface area (TPSA) is 84.9 Å². The molecule has 1 aliphatic heterocycles. The summed E-state index contributed by atoms with van der Waals surface area (Å²) in [5.41, 5.74) is 0.978. The fourth-order valence-electron chi connectivity index (χ4n) is 3.36. The van der Waals surface area contributed by atoms with Crippen molar-refractivity contribution in [1.82, 2.24) is 10.2 Å². The van der Waals surface area contributed by atoms with Gasteiger partial charge in [0.1, 0.15) is 12.3 Å². The normalized spacial score (nSPS) is 14.5. The smallest absolute Gasteiger partial charge is 0.326 e. The maximum Gasteiger partial charge on any atom is 0.326 e. The van der Waals surface area contributed by atoms with Crippen LogP contribution in [0.3, 0.4) is 0 Å². The van der Waals surface area contributed by atoms with Gasteiger partial charge in [-0.1, -0.05) is 36.4 Å². The first-order valence-corrected chi connectivity index (χ1v) is 10.0. The predicted molar refractivity (Wildman–Crippen MR) is 111 cm³/mol. The number of piperidine rings is 1. The molecule has 0 radical (unpaired) electrons. The summed E-state index contributed by atoms with van der Waals surface area (Å²) in [5, 5.41) is 2.53. The van der Waals surface area contributed by atoms with Gasteiger partial charge in [0.05, 0.1) is 7.11 Å². The highest BCUT2D eigenvalue weighted by molar-refractivity contribution is 5.96. The number of ether oxygens (including phenoxy) is 2. The van der Waals surface area contributed by atoms with E-state index in [-0.39, 0.29) is 12.5 Å². The monoisotopic (exact) mass is 410 g/mol. The van der Waals surface area contributed by atoms with Crippen molar-refractivity contribution in [1.29, 1.82) is 0 Å². The van der Waals surface area contributed by atoms with Crippen molar-refractivity contribution in [3.63, 3.8) is 0 Å². The van der Waals surface area contributed by atoms with Crippen LogP contribution in [-0.2, 0) is 14.3 Å². The lowest BCUT2D eigenvalue weighted by molar-refractivity contribution is -0.160. The number of carbonyl (C=O) groups excluding carboxylic acids is 3. The Morgan fingerprint density at radius 3 is 2.43 bits per heavy atom. The van der Waals surface area contributed by atoms with Crippen LogP contribution in [0.15, 0.2) is 54.6 Å². The van der Waals surface area contributed by atoms with Crippen molar-refractivity contribution in [2.75, 3.05) is 26.7 Å². The van der Waals surface area contributed by atoms with E-state index in [1.54, 1.807) is 53.4 Å². The Hall–Kier alpha value is -3.35. The Kier molecular flexibility index (Phi) is 7.43. The molecular formula is C23H26N2O5. The molecule has 1 aliphatic rings. The molecule has 1 fully saturated rings. The van der Waals surface area contributed by atoms with E-state index >= 15 is 0 Å². The summed E-state index contributed by atoms with van der Waals surface area (Å²) in [6, 6.07) is 15.6. The Morgan fingerprint density at radius 1 is 1.00 bits per heavy atom. The molecule has 2 aromatic rings. The van der Waals surface area contributed by atoms with E-state index in [2.05, 4.69) is 5.32 Å². The molecule has 1 saturated heterocycles. The fourth-order valence-corrected chi connectivity index (χ4v) is 3.36. The van der Waals surface area contributed by atoms with Gasteiger partial charge in [0.15, 0.2) is 0 Å². The van der Waals surface area contributed by atoms with E-state index in [1.807, 2.05) is 6.07 Å². The lowest BCUT2D eigenvalue weighted by Gasteiger charge is -2.30. The molecule has 1 atom stereocenters. The van der Waals surface area contributed by atoms with Crippen LogP contribution in [0.2, 0.25) is 0 Å². The van der Waals surface area contributed by atoms with E-state index in [9.17, 15) is 14.4 Å². The number of likely N-dealkylation sites (tertiary alicyclic amines) is 1. The predicted octanol–water partition coefficient (Wildman–Crippen LogP) is 2.72. The van der Waals surface area contributed by atoms with E-state index in [0.717, 1.165) is 19.3 Å². The quantitative estimate of drug-likeness (QED) is 0.710. The molecule has 0 saturated carbocycles. The summed E-state index contributed by atoms with van der Waals surface area (Å²) in [5.74, 6) is -0.787. The highest BCUT2D eigenvalue weighted by atomic mass is 16.5. The van der Waals surface area contributed by atoms with Crippen molar-refractivity contribution in [2.45, 2.75) is 25.4 Å². The van der Waals surface area contributed by atoms with Gasteiger partial charge < -0.3 is 19.7 Å². The average Bonchev–Trinajstić information content (AvgIpc) is 2.81. The van der Waals surface area contributed by atoms with Crippen LogP contribution >= 0.6 is 0 Å². The molecule has 0 bridgehead atoms. The second kappa shape index (κ2) is 10.4. The number of rotatable bonds is 7. The van der Waals surface area contributed by atoms with Crippen LogP contribution in [0.25, 0.3) is 0 Å². The van der Waals surface area contributed by atoms with Crippen LogP contribution in [0, 0.1) is 0 Å². The fraction of sp³-hybridized carbons (Fsp3) is 0.348. The molecule has 7 nitrogen and oxygen atoms in total. The van der Waals surface area contributed by atoms with E-state index in [1.165, 1.54) is 7.11 Å². The summed E-state index contributed by atoms with van der Waals surface area (Å²) in [6.07, 6.45) is 1.95. The summed E-state index contributed by atoms with van der Waals surface area (Å²) < 4.78 is 10.6. The van der Waals surface area contributed by atoms with Crippen molar-refractivity contribution in [3.8, 4) is 5.75 Å². The third-order valence-electron chi connectivity index (χ3n) is 4.97. The standard InChI is InChI=1S/C23H26N2O5/c1-29-19-12-8-11-18(15-19)22(27)24-16-20(26)30-21(17-9-4-2-5-10-17)23(28)25-13-6-3-7-14-25/h2,4-5,8-12,15,21H,3,6-7,13-14,16H2,1H3,(H,24,27)/t21-/m1/s1. The SMILES string of the molecule is COc1cccc(C(=O)NCC(=O)O[C@@H](C(=O)N2CCCCC2)c2ccccc2)c1. The van der Waals surface area contributed by atoms with E-state index < -0.39 is 18.0 Å². The number of methoxy groups -OCH3 is 1. The Bertz CT molecular complexity index is 878. The maximum absolute atomic E-state index is 13.0. The van der Waals surface area contributed by atoms with Crippen LogP contribution in [0.1, 0.15) is 41.3 Å². The van der Waals surface area contributed by atoms with Crippen LogP contribution in [0.5, 0.6) is 5.75 Å². The molecule has 158 valence electrons. The molecule has 0 aromatic heterocycles. The zero-order chi connectivity index (χ0) is 21.3. The molecule has 0 spiro atoms. The summed E-state index contributed by atoms with van der Waals surface area (Å²) in [4.78, 5) is 39.5. The van der Waals surface area contributed by atoms with E-state index in [4.69, 9.17) is 9.47 Å². The summed E-state index contributed by atoms with van der Waals surface area (Å²) in [7, 11) is 1.51. The van der Waals surface area contributed by atoms with Gasteiger partial charge in [-0.15, -0.1) is 0 Å². The first-order valence-electron chi connectivity index (χ1n) is 10.0. The summed E-state index contributed by atoms with van der Waals surface area (Å²) >= 11 is 0. The molecule has 1 N–H and O–H groups in total. The second-order valence-corrected chi connectivity index (χ2v) is 7.08. The van der Waals surface area contributed by atoms with Crippen LogP contribution in [0.4, 0.5) is 0 Å². The van der Waals surface area contributed by atoms with Gasteiger partial charge in [-0.05, 0) is 37.5 Å². The minimum Gasteiger partial charge on any atom is -0.497 e. The number of esters is 1. The number of benzene rings is 2. The van der Waals surface area contributed by atoms with Gasteiger partial charge >= 0.3 is 5.97 Å².